The van der Waals surface area contributed by atoms with Crippen LogP contribution in [0.5, 0.6) is 0 Å². The Hall–Kier alpha value is -1.63. The predicted octanol–water partition coefficient (Wildman–Crippen LogP) is 2.16. The molecule has 0 saturated carbocycles. The molecule has 1 fully saturated rings. The fraction of sp³-hybridized carbons (Fsp3) is 0.417. The maximum atomic E-state index is 13.1. The van der Waals surface area contributed by atoms with Crippen LogP contribution in [-0.4, -0.2) is 19.0 Å². The lowest BCUT2D eigenvalue weighted by atomic mass is 10.1. The number of nitrogens with two attached hydrogens (primary N) is 1. The van der Waals surface area contributed by atoms with Crippen molar-refractivity contribution in [3.8, 4) is 0 Å². The van der Waals surface area contributed by atoms with Crippen LogP contribution < -0.4 is 10.6 Å². The van der Waals surface area contributed by atoms with Gasteiger partial charge in [-0.3, -0.25) is 4.79 Å². The molecule has 0 aromatic heterocycles. The zero-order chi connectivity index (χ0) is 14.2. The lowest BCUT2D eigenvalue weighted by molar-refractivity contribution is -0.140. The Bertz CT molecular complexity index is 501. The summed E-state index contributed by atoms with van der Waals surface area (Å²) in [6.07, 6.45) is -4.58. The molecule has 1 unspecified atom stereocenters. The number of nitrogens with zero attached hydrogens (tertiary/aromatic N) is 1. The number of carbonyl (C=O) groups is 1. The summed E-state index contributed by atoms with van der Waals surface area (Å²) in [5.74, 6) is -1.72. The number of benzene rings is 1. The Kier molecular flexibility index (Phi) is 3.49. The van der Waals surface area contributed by atoms with Crippen LogP contribution in [0, 0.1) is 11.7 Å². The molecule has 1 aliphatic rings. The molecule has 0 radical (unpaired) electrons. The Labute approximate surface area is 107 Å². The van der Waals surface area contributed by atoms with Gasteiger partial charge in [-0.25, -0.2) is 4.39 Å². The van der Waals surface area contributed by atoms with Gasteiger partial charge >= 0.3 is 6.18 Å². The largest absolute Gasteiger partial charge is 0.419 e. The van der Waals surface area contributed by atoms with Gasteiger partial charge in [-0.1, -0.05) is 0 Å². The molecule has 1 amide bonds. The number of alkyl halides is 3. The van der Waals surface area contributed by atoms with Crippen molar-refractivity contribution in [2.24, 2.45) is 11.7 Å². The Morgan fingerprint density at radius 2 is 2.05 bits per heavy atom. The van der Waals surface area contributed by atoms with Gasteiger partial charge in [0.05, 0.1) is 5.56 Å². The third-order valence-electron chi connectivity index (χ3n) is 3.11. The van der Waals surface area contributed by atoms with E-state index in [1.807, 2.05) is 0 Å². The van der Waals surface area contributed by atoms with Crippen LogP contribution in [-0.2, 0) is 11.0 Å². The first-order valence-corrected chi connectivity index (χ1v) is 5.70. The monoisotopic (exact) mass is 276 g/mol. The summed E-state index contributed by atoms with van der Waals surface area (Å²) < 4.78 is 50.9. The molecule has 1 saturated heterocycles. The van der Waals surface area contributed by atoms with Crippen LogP contribution in [0.15, 0.2) is 18.2 Å². The van der Waals surface area contributed by atoms with Crippen LogP contribution in [0.3, 0.4) is 0 Å². The molecule has 1 aromatic carbocycles. The number of carbonyl (C=O) groups excluding carboxylic acids is 1. The number of anilines is 1. The van der Waals surface area contributed by atoms with E-state index in [9.17, 15) is 22.4 Å². The molecule has 0 spiro atoms. The van der Waals surface area contributed by atoms with Gasteiger partial charge in [-0.05, 0) is 30.7 Å². The van der Waals surface area contributed by atoms with E-state index >= 15 is 0 Å². The first kappa shape index (κ1) is 13.8. The van der Waals surface area contributed by atoms with Crippen molar-refractivity contribution in [3.63, 3.8) is 0 Å². The molecular weight excluding hydrogens is 264 g/mol. The highest BCUT2D eigenvalue weighted by molar-refractivity contribution is 5.95. The van der Waals surface area contributed by atoms with Crippen molar-refractivity contribution in [1.29, 1.82) is 0 Å². The third-order valence-corrected chi connectivity index (χ3v) is 3.11. The lowest BCUT2D eigenvalue weighted by Gasteiger charge is -2.18. The van der Waals surface area contributed by atoms with Gasteiger partial charge < -0.3 is 10.6 Å². The van der Waals surface area contributed by atoms with E-state index < -0.39 is 17.6 Å². The van der Waals surface area contributed by atoms with E-state index in [0.29, 0.717) is 6.07 Å². The first-order chi connectivity index (χ1) is 8.82. The molecule has 104 valence electrons. The van der Waals surface area contributed by atoms with Crippen molar-refractivity contribution in [1.82, 2.24) is 0 Å². The minimum atomic E-state index is -4.78. The van der Waals surface area contributed by atoms with Gasteiger partial charge in [0, 0.05) is 18.7 Å². The Morgan fingerprint density at radius 1 is 1.37 bits per heavy atom. The van der Waals surface area contributed by atoms with E-state index in [1.165, 1.54) is 11.0 Å². The van der Waals surface area contributed by atoms with Gasteiger partial charge in [-0.2, -0.15) is 13.2 Å². The standard InChI is InChI=1S/C12H12F4N2O/c13-10-2-1-8(4-9(10)12(14,15)16)18-6-7(5-17)3-11(18)19/h1-2,4,7H,3,5-6,17H2. The van der Waals surface area contributed by atoms with Gasteiger partial charge in [0.2, 0.25) is 5.91 Å². The van der Waals surface area contributed by atoms with E-state index in [4.69, 9.17) is 5.73 Å². The highest BCUT2D eigenvalue weighted by atomic mass is 19.4. The molecule has 3 nitrogen and oxygen atoms in total. The molecule has 2 rings (SSSR count). The molecule has 1 atom stereocenters. The van der Waals surface area contributed by atoms with Crippen molar-refractivity contribution in [2.45, 2.75) is 12.6 Å². The van der Waals surface area contributed by atoms with Gasteiger partial charge in [0.25, 0.3) is 0 Å². The molecule has 0 bridgehead atoms. The van der Waals surface area contributed by atoms with Crippen LogP contribution in [0.2, 0.25) is 0 Å². The predicted molar refractivity (Wildman–Crippen MR) is 60.9 cm³/mol. The summed E-state index contributed by atoms with van der Waals surface area (Å²) in [6.45, 7) is 0.549. The number of amides is 1. The summed E-state index contributed by atoms with van der Waals surface area (Å²) in [4.78, 5) is 12.9. The van der Waals surface area contributed by atoms with E-state index in [1.54, 1.807) is 0 Å². The van der Waals surface area contributed by atoms with Gasteiger partial charge in [0.15, 0.2) is 0 Å². The highest BCUT2D eigenvalue weighted by Gasteiger charge is 2.36. The topological polar surface area (TPSA) is 46.3 Å². The van der Waals surface area contributed by atoms with Crippen LogP contribution in [0.25, 0.3) is 0 Å². The molecule has 7 heteroatoms. The molecule has 0 aliphatic carbocycles. The summed E-state index contributed by atoms with van der Waals surface area (Å²) >= 11 is 0. The number of rotatable bonds is 2. The molecule has 1 heterocycles. The van der Waals surface area contributed by atoms with Crippen LogP contribution in [0.4, 0.5) is 23.2 Å². The van der Waals surface area contributed by atoms with Crippen molar-refractivity contribution in [2.75, 3.05) is 18.0 Å². The molecular formula is C12H12F4N2O. The second-order valence-corrected chi connectivity index (χ2v) is 4.47. The van der Waals surface area contributed by atoms with Crippen molar-refractivity contribution < 1.29 is 22.4 Å². The normalized spacial score (nSPS) is 20.2. The number of halogens is 4. The van der Waals surface area contributed by atoms with E-state index in [0.717, 1.165) is 6.07 Å². The average molecular weight is 276 g/mol. The summed E-state index contributed by atoms with van der Waals surface area (Å²) in [7, 11) is 0. The van der Waals surface area contributed by atoms with Gasteiger partial charge in [-0.15, -0.1) is 0 Å². The Morgan fingerprint density at radius 3 is 2.58 bits per heavy atom. The molecule has 1 aliphatic heterocycles. The highest BCUT2D eigenvalue weighted by Crippen LogP contribution is 2.35. The summed E-state index contributed by atoms with van der Waals surface area (Å²) in [6, 6.07) is 2.55. The van der Waals surface area contributed by atoms with Crippen LogP contribution in [0.1, 0.15) is 12.0 Å². The van der Waals surface area contributed by atoms with Gasteiger partial charge in [0.1, 0.15) is 5.82 Å². The van der Waals surface area contributed by atoms with Crippen molar-refractivity contribution >= 4 is 11.6 Å². The smallest absolute Gasteiger partial charge is 0.330 e. The molecule has 19 heavy (non-hydrogen) atoms. The zero-order valence-electron chi connectivity index (χ0n) is 9.88. The SMILES string of the molecule is NCC1CC(=O)N(c2ccc(F)c(C(F)(F)F)c2)C1. The lowest BCUT2D eigenvalue weighted by Crippen LogP contribution is -2.26. The maximum absolute atomic E-state index is 13.1. The number of hydrogen-bond donors (Lipinski definition) is 1. The average Bonchev–Trinajstić information content (AvgIpc) is 2.70. The summed E-state index contributed by atoms with van der Waals surface area (Å²) in [5, 5.41) is 0. The fourth-order valence-electron chi connectivity index (χ4n) is 2.09. The minimum absolute atomic E-state index is 0.0506. The van der Waals surface area contributed by atoms with E-state index in [2.05, 4.69) is 0 Å². The third kappa shape index (κ3) is 2.70. The first-order valence-electron chi connectivity index (χ1n) is 5.70. The second-order valence-electron chi connectivity index (χ2n) is 4.47. The quantitative estimate of drug-likeness (QED) is 0.841. The minimum Gasteiger partial charge on any atom is -0.330 e. The maximum Gasteiger partial charge on any atom is 0.419 e. The molecule has 2 N–H and O–H groups in total. The zero-order valence-corrected chi connectivity index (χ0v) is 9.88. The Balaban J connectivity index is 2.34. The fourth-order valence-corrected chi connectivity index (χ4v) is 2.09. The van der Waals surface area contributed by atoms with E-state index in [-0.39, 0.29) is 37.0 Å². The van der Waals surface area contributed by atoms with Crippen molar-refractivity contribution in [3.05, 3.63) is 29.6 Å². The second kappa shape index (κ2) is 4.80. The number of hydrogen-bond acceptors (Lipinski definition) is 2. The van der Waals surface area contributed by atoms with Crippen LogP contribution >= 0.6 is 0 Å². The molecule has 1 aromatic rings. The summed E-state index contributed by atoms with van der Waals surface area (Å²) in [5.41, 5.74) is 4.12.